The number of carboxylic acids is 1. The molecule has 0 bridgehead atoms. The van der Waals surface area contributed by atoms with Gasteiger partial charge in [0.2, 0.25) is 0 Å². The van der Waals surface area contributed by atoms with Gasteiger partial charge >= 0.3 is 5.97 Å². The number of rotatable bonds is 1. The van der Waals surface area contributed by atoms with E-state index in [4.69, 9.17) is 5.11 Å². The van der Waals surface area contributed by atoms with Crippen LogP contribution in [-0.2, 0) is 9.53 Å². The first kappa shape index (κ1) is 6.04. The maximum absolute atomic E-state index is 10.2. The number of aliphatic carboxylic acids is 1. The van der Waals surface area contributed by atoms with E-state index in [9.17, 15) is 4.79 Å². The van der Waals surface area contributed by atoms with Gasteiger partial charge in [-0.3, -0.25) is 4.79 Å². The van der Waals surface area contributed by atoms with Gasteiger partial charge in [0.25, 0.3) is 0 Å². The number of hydrogen-bond acceptors (Lipinski definition) is 2. The van der Waals surface area contributed by atoms with Gasteiger partial charge in [0.1, 0.15) is 0 Å². The van der Waals surface area contributed by atoms with Crippen LogP contribution in [0.1, 0.15) is 0 Å². The molecule has 1 rings (SSSR count). The Kier molecular flexibility index (Phi) is 1.28. The Morgan fingerprint density at radius 1 is 1.75 bits per heavy atom. The van der Waals surface area contributed by atoms with Crippen LogP contribution >= 0.6 is 15.9 Å². The van der Waals surface area contributed by atoms with E-state index in [1.54, 1.807) is 0 Å². The monoisotopic (exact) mass is 180 g/mol. The van der Waals surface area contributed by atoms with Gasteiger partial charge < -0.3 is 9.84 Å². The summed E-state index contributed by atoms with van der Waals surface area (Å²) in [5.41, 5.74) is 0. The zero-order valence-electron chi connectivity index (χ0n) is 4.06. The van der Waals surface area contributed by atoms with Crippen molar-refractivity contribution in [3.63, 3.8) is 0 Å². The largest absolute Gasteiger partial charge is 0.480 e. The summed E-state index contributed by atoms with van der Waals surface area (Å²) in [6.07, 6.45) is 0. The van der Waals surface area contributed by atoms with Crippen LogP contribution in [0.25, 0.3) is 0 Å². The fourth-order valence-corrected chi connectivity index (χ4v) is 0.728. The van der Waals surface area contributed by atoms with Gasteiger partial charge in [-0.1, -0.05) is 15.9 Å². The lowest BCUT2D eigenvalue weighted by Gasteiger charge is -2.31. The number of hydrogen-bond donors (Lipinski definition) is 1. The fourth-order valence-electron chi connectivity index (χ4n) is 0.405. The molecule has 1 aliphatic heterocycles. The lowest BCUT2D eigenvalue weighted by atomic mass is 10.1. The highest BCUT2D eigenvalue weighted by Gasteiger charge is 2.43. The number of carbonyl (C=O) groups is 1. The first-order chi connectivity index (χ1) is 3.65. The minimum Gasteiger partial charge on any atom is -0.480 e. The van der Waals surface area contributed by atoms with Gasteiger partial charge in [0, 0.05) is 0 Å². The molecule has 0 amide bonds. The highest BCUT2D eigenvalue weighted by molar-refractivity contribution is 9.10. The Morgan fingerprint density at radius 3 is 2.25 bits per heavy atom. The average molecular weight is 181 g/mol. The van der Waals surface area contributed by atoms with Crippen LogP contribution in [0.4, 0.5) is 0 Å². The predicted octanol–water partition coefficient (Wildman–Crippen LogP) is 0.235. The van der Waals surface area contributed by atoms with Gasteiger partial charge in [0.05, 0.1) is 13.2 Å². The summed E-state index contributed by atoms with van der Waals surface area (Å²) in [5.74, 6) is -0.844. The van der Waals surface area contributed by atoms with Crippen LogP contribution in [0.15, 0.2) is 0 Å². The number of carboxylic acid groups (broad SMARTS) is 1. The highest BCUT2D eigenvalue weighted by atomic mass is 79.9. The second-order valence-corrected chi connectivity index (χ2v) is 3.28. The molecule has 1 fully saturated rings. The van der Waals surface area contributed by atoms with Gasteiger partial charge in [-0.25, -0.2) is 0 Å². The molecule has 1 N–H and O–H groups in total. The lowest BCUT2D eigenvalue weighted by molar-refractivity contribution is -0.150. The van der Waals surface area contributed by atoms with Crippen LogP contribution in [0.5, 0.6) is 0 Å². The maximum atomic E-state index is 10.2. The van der Waals surface area contributed by atoms with E-state index in [0.717, 1.165) is 0 Å². The molecule has 1 aliphatic rings. The van der Waals surface area contributed by atoms with Gasteiger partial charge in [0.15, 0.2) is 4.32 Å². The summed E-state index contributed by atoms with van der Waals surface area (Å²) in [7, 11) is 0. The Bertz CT molecular complexity index is 118. The van der Waals surface area contributed by atoms with Crippen molar-refractivity contribution in [2.24, 2.45) is 0 Å². The molecular weight excluding hydrogens is 176 g/mol. The summed E-state index contributed by atoms with van der Waals surface area (Å²) in [6.45, 7) is 0.560. The zero-order valence-corrected chi connectivity index (χ0v) is 5.64. The molecule has 0 saturated carbocycles. The molecule has 8 heavy (non-hydrogen) atoms. The van der Waals surface area contributed by atoms with Crippen LogP contribution in [0.3, 0.4) is 0 Å². The lowest BCUT2D eigenvalue weighted by Crippen LogP contribution is -2.50. The molecule has 0 spiro atoms. The summed E-state index contributed by atoms with van der Waals surface area (Å²) in [5, 5.41) is 8.37. The smallest absolute Gasteiger partial charge is 0.325 e. The second kappa shape index (κ2) is 1.70. The van der Waals surface area contributed by atoms with Crippen molar-refractivity contribution >= 4 is 21.9 Å². The standard InChI is InChI=1S/C4H5BrO3/c5-4(3(6)7)1-8-2-4/h1-2H2,(H,6,7). The highest BCUT2D eigenvalue weighted by Crippen LogP contribution is 2.26. The molecule has 46 valence electrons. The Balaban J connectivity index is 2.53. The predicted molar refractivity (Wildman–Crippen MR) is 30.1 cm³/mol. The third-order valence-electron chi connectivity index (χ3n) is 1.04. The third-order valence-corrected chi connectivity index (χ3v) is 1.84. The van der Waals surface area contributed by atoms with Crippen molar-refractivity contribution in [3.05, 3.63) is 0 Å². The minimum atomic E-state index is -0.844. The van der Waals surface area contributed by atoms with Gasteiger partial charge in [-0.05, 0) is 0 Å². The summed E-state index contributed by atoms with van der Waals surface area (Å²) in [4.78, 5) is 10.2. The summed E-state index contributed by atoms with van der Waals surface area (Å²) in [6, 6.07) is 0. The fraction of sp³-hybridized carbons (Fsp3) is 0.750. The van der Waals surface area contributed by atoms with E-state index in [1.165, 1.54) is 0 Å². The molecule has 0 aromatic carbocycles. The number of halogens is 1. The zero-order chi connectivity index (χ0) is 6.20. The van der Waals surface area contributed by atoms with Crippen molar-refractivity contribution in [2.45, 2.75) is 4.32 Å². The molecular formula is C4H5BrO3. The third kappa shape index (κ3) is 0.736. The van der Waals surface area contributed by atoms with E-state index in [1.807, 2.05) is 0 Å². The second-order valence-electron chi connectivity index (χ2n) is 1.76. The van der Waals surface area contributed by atoms with Crippen LogP contribution in [0.2, 0.25) is 0 Å². The van der Waals surface area contributed by atoms with Crippen LogP contribution in [-0.4, -0.2) is 28.6 Å². The van der Waals surface area contributed by atoms with Crippen LogP contribution < -0.4 is 0 Å². The molecule has 0 aromatic rings. The molecule has 1 saturated heterocycles. The molecule has 0 radical (unpaired) electrons. The Hall–Kier alpha value is -0.0900. The summed E-state index contributed by atoms with van der Waals surface area (Å²) < 4.78 is 3.90. The Labute approximate surface area is 54.8 Å². The number of ether oxygens (including phenoxy) is 1. The molecule has 4 heteroatoms. The first-order valence-corrected chi connectivity index (χ1v) is 2.94. The minimum absolute atomic E-state index is 0.280. The van der Waals surface area contributed by atoms with E-state index in [0.29, 0.717) is 0 Å². The average Bonchev–Trinajstić information content (AvgIpc) is 1.60. The van der Waals surface area contributed by atoms with E-state index in [-0.39, 0.29) is 13.2 Å². The van der Waals surface area contributed by atoms with Crippen molar-refractivity contribution in [1.82, 2.24) is 0 Å². The first-order valence-electron chi connectivity index (χ1n) is 2.15. The molecule has 0 atom stereocenters. The quantitative estimate of drug-likeness (QED) is 0.589. The van der Waals surface area contributed by atoms with Crippen molar-refractivity contribution in [2.75, 3.05) is 13.2 Å². The normalized spacial score (nSPS) is 24.1. The summed E-state index contributed by atoms with van der Waals surface area (Å²) >= 11 is 3.01. The van der Waals surface area contributed by atoms with Gasteiger partial charge in [-0.2, -0.15) is 0 Å². The topological polar surface area (TPSA) is 46.5 Å². The molecule has 0 aromatic heterocycles. The molecule has 0 aliphatic carbocycles. The molecule has 0 unspecified atom stereocenters. The van der Waals surface area contributed by atoms with Gasteiger partial charge in [-0.15, -0.1) is 0 Å². The van der Waals surface area contributed by atoms with Crippen molar-refractivity contribution in [3.8, 4) is 0 Å². The number of alkyl halides is 1. The van der Waals surface area contributed by atoms with E-state index >= 15 is 0 Å². The van der Waals surface area contributed by atoms with Crippen molar-refractivity contribution < 1.29 is 14.6 Å². The molecule has 3 nitrogen and oxygen atoms in total. The molecule has 1 heterocycles. The van der Waals surface area contributed by atoms with Crippen LogP contribution in [0, 0.1) is 0 Å². The Morgan fingerprint density at radius 2 is 2.25 bits per heavy atom. The van der Waals surface area contributed by atoms with E-state index in [2.05, 4.69) is 20.7 Å². The van der Waals surface area contributed by atoms with Crippen molar-refractivity contribution in [1.29, 1.82) is 0 Å². The SMILES string of the molecule is O=C(O)C1(Br)COC1. The maximum Gasteiger partial charge on any atom is 0.325 e. The van der Waals surface area contributed by atoms with E-state index < -0.39 is 10.3 Å².